The fraction of sp³-hybridized carbons (Fsp3) is 0.174. The average molecular weight is 486 g/mol. The van der Waals surface area contributed by atoms with Crippen molar-refractivity contribution in [3.63, 3.8) is 0 Å². The van der Waals surface area contributed by atoms with Crippen LogP contribution in [0.15, 0.2) is 101 Å². The lowest BCUT2D eigenvalue weighted by Gasteiger charge is -2.38. The van der Waals surface area contributed by atoms with Crippen LogP contribution in [0.5, 0.6) is 0 Å². The third kappa shape index (κ3) is 4.83. The molecule has 1 atom stereocenters. The summed E-state index contributed by atoms with van der Waals surface area (Å²) in [6.07, 6.45) is 0. The molecule has 1 saturated heterocycles. The van der Waals surface area contributed by atoms with Crippen molar-refractivity contribution in [2.45, 2.75) is 15.8 Å². The Kier molecular flexibility index (Phi) is 6.61. The first-order chi connectivity index (χ1) is 15.8. The van der Waals surface area contributed by atoms with Gasteiger partial charge in [-0.1, -0.05) is 54.6 Å². The fourth-order valence-corrected chi connectivity index (χ4v) is 6.73. The molecule has 172 valence electrons. The van der Waals surface area contributed by atoms with Gasteiger partial charge in [-0.05, 0) is 36.4 Å². The highest BCUT2D eigenvalue weighted by molar-refractivity contribution is 7.89. The van der Waals surface area contributed by atoms with E-state index in [-0.39, 0.29) is 29.4 Å². The number of benzene rings is 3. The summed E-state index contributed by atoms with van der Waals surface area (Å²) in [4.78, 5) is 13.4. The van der Waals surface area contributed by atoms with E-state index in [2.05, 4.69) is 5.32 Å². The number of carbonyl (C=O) groups excluding carboxylic acids is 1. The standard InChI is InChI=1S/C23H23N3O5S2/c27-23(24-19-10-4-1-5-11-19)22-18-25(32(28,29)20-12-6-2-7-13-20)16-17-26(22)33(30,31)21-14-8-3-9-15-21/h1-15,22H,16-18H2,(H,24,27)/t22-/m1/s1. The number of hydrogen-bond donors (Lipinski definition) is 1. The second-order valence-corrected chi connectivity index (χ2v) is 11.3. The molecule has 0 bridgehead atoms. The summed E-state index contributed by atoms with van der Waals surface area (Å²) in [7, 11) is -7.93. The molecule has 3 aromatic carbocycles. The number of nitrogens with zero attached hydrogens (tertiary/aromatic N) is 2. The van der Waals surface area contributed by atoms with Gasteiger partial charge in [0.15, 0.2) is 0 Å². The van der Waals surface area contributed by atoms with E-state index in [1.54, 1.807) is 66.7 Å². The number of para-hydroxylation sites is 1. The molecule has 33 heavy (non-hydrogen) atoms. The highest BCUT2D eigenvalue weighted by Crippen LogP contribution is 2.26. The first-order valence-electron chi connectivity index (χ1n) is 10.3. The number of sulfonamides is 2. The normalized spacial score (nSPS) is 18.0. The molecular formula is C23H23N3O5S2. The van der Waals surface area contributed by atoms with Gasteiger partial charge in [0, 0.05) is 25.3 Å². The van der Waals surface area contributed by atoms with Gasteiger partial charge in [0.05, 0.1) is 9.79 Å². The van der Waals surface area contributed by atoms with Crippen molar-refractivity contribution >= 4 is 31.6 Å². The average Bonchev–Trinajstić information content (AvgIpc) is 2.85. The van der Waals surface area contributed by atoms with Crippen LogP contribution in [0.4, 0.5) is 5.69 Å². The van der Waals surface area contributed by atoms with Gasteiger partial charge in [-0.2, -0.15) is 8.61 Å². The lowest BCUT2D eigenvalue weighted by Crippen LogP contribution is -2.60. The van der Waals surface area contributed by atoms with Crippen LogP contribution < -0.4 is 5.32 Å². The van der Waals surface area contributed by atoms with Gasteiger partial charge in [0.1, 0.15) is 6.04 Å². The second-order valence-electron chi connectivity index (χ2n) is 7.48. The van der Waals surface area contributed by atoms with Crippen molar-refractivity contribution in [2.75, 3.05) is 25.0 Å². The molecule has 1 aliphatic rings. The van der Waals surface area contributed by atoms with E-state index in [4.69, 9.17) is 0 Å². The second kappa shape index (κ2) is 9.44. The number of rotatable bonds is 6. The number of carbonyl (C=O) groups is 1. The largest absolute Gasteiger partial charge is 0.325 e. The van der Waals surface area contributed by atoms with Crippen molar-refractivity contribution in [3.05, 3.63) is 91.0 Å². The van der Waals surface area contributed by atoms with Crippen LogP contribution in [-0.2, 0) is 24.8 Å². The van der Waals surface area contributed by atoms with Crippen molar-refractivity contribution in [1.82, 2.24) is 8.61 Å². The van der Waals surface area contributed by atoms with Gasteiger partial charge < -0.3 is 5.32 Å². The zero-order valence-electron chi connectivity index (χ0n) is 17.6. The molecule has 0 radical (unpaired) electrons. The van der Waals surface area contributed by atoms with Crippen LogP contribution >= 0.6 is 0 Å². The van der Waals surface area contributed by atoms with Crippen LogP contribution in [0, 0.1) is 0 Å². The van der Waals surface area contributed by atoms with Crippen LogP contribution in [0.25, 0.3) is 0 Å². The Morgan fingerprint density at radius 2 is 1.18 bits per heavy atom. The topological polar surface area (TPSA) is 104 Å². The van der Waals surface area contributed by atoms with E-state index in [0.29, 0.717) is 5.69 Å². The number of anilines is 1. The van der Waals surface area contributed by atoms with E-state index in [0.717, 1.165) is 8.61 Å². The molecule has 0 aromatic heterocycles. The maximum Gasteiger partial charge on any atom is 0.244 e. The Morgan fingerprint density at radius 3 is 1.73 bits per heavy atom. The predicted molar refractivity (Wildman–Crippen MR) is 124 cm³/mol. The van der Waals surface area contributed by atoms with Gasteiger partial charge in [0.25, 0.3) is 0 Å². The number of nitrogens with one attached hydrogen (secondary N) is 1. The zero-order valence-corrected chi connectivity index (χ0v) is 19.2. The molecule has 1 heterocycles. The van der Waals surface area contributed by atoms with Crippen molar-refractivity contribution in [3.8, 4) is 0 Å². The summed E-state index contributed by atoms with van der Waals surface area (Å²) in [6, 6.07) is 23.1. The minimum atomic E-state index is -4.03. The Labute approximate surface area is 193 Å². The highest BCUT2D eigenvalue weighted by atomic mass is 32.2. The van der Waals surface area contributed by atoms with Gasteiger partial charge >= 0.3 is 0 Å². The third-order valence-electron chi connectivity index (χ3n) is 5.37. The summed E-state index contributed by atoms with van der Waals surface area (Å²) in [6.45, 7) is -0.531. The Bertz CT molecular complexity index is 1320. The molecule has 0 unspecified atom stereocenters. The summed E-state index contributed by atoms with van der Waals surface area (Å²) in [5, 5.41) is 2.71. The quantitative estimate of drug-likeness (QED) is 0.577. The van der Waals surface area contributed by atoms with E-state index < -0.39 is 32.0 Å². The minimum Gasteiger partial charge on any atom is -0.325 e. The maximum atomic E-state index is 13.4. The lowest BCUT2D eigenvalue weighted by atomic mass is 10.2. The molecule has 3 aromatic rings. The number of piperazine rings is 1. The first kappa shape index (κ1) is 23.1. The SMILES string of the molecule is O=C(Nc1ccccc1)[C@H]1CN(S(=O)(=O)c2ccccc2)CCN1S(=O)(=O)c1ccccc1. The molecule has 1 amide bonds. The van der Waals surface area contributed by atoms with E-state index in [1.165, 1.54) is 24.3 Å². The molecule has 1 fully saturated rings. The number of amides is 1. The molecule has 1 N–H and O–H groups in total. The molecule has 10 heteroatoms. The summed E-state index contributed by atoms with van der Waals surface area (Å²) in [5.74, 6) is -0.603. The van der Waals surface area contributed by atoms with Gasteiger partial charge in [-0.3, -0.25) is 4.79 Å². The molecule has 0 saturated carbocycles. The van der Waals surface area contributed by atoms with Crippen molar-refractivity contribution in [2.24, 2.45) is 0 Å². The maximum absolute atomic E-state index is 13.4. The molecular weight excluding hydrogens is 462 g/mol. The van der Waals surface area contributed by atoms with Crippen LogP contribution in [0.1, 0.15) is 0 Å². The van der Waals surface area contributed by atoms with Crippen LogP contribution in [-0.4, -0.2) is 57.0 Å². The lowest BCUT2D eigenvalue weighted by molar-refractivity contribution is -0.120. The highest BCUT2D eigenvalue weighted by Gasteiger charge is 2.43. The Balaban J connectivity index is 1.68. The van der Waals surface area contributed by atoms with Gasteiger partial charge in [-0.25, -0.2) is 16.8 Å². The van der Waals surface area contributed by atoms with Crippen LogP contribution in [0.2, 0.25) is 0 Å². The monoisotopic (exact) mass is 485 g/mol. The van der Waals surface area contributed by atoms with Gasteiger partial charge in [-0.15, -0.1) is 0 Å². The summed E-state index contributed by atoms with van der Waals surface area (Å²) >= 11 is 0. The predicted octanol–water partition coefficient (Wildman–Crippen LogP) is 2.39. The first-order valence-corrected chi connectivity index (χ1v) is 13.2. The van der Waals surface area contributed by atoms with E-state index in [9.17, 15) is 21.6 Å². The molecule has 0 spiro atoms. The summed E-state index contributed by atoms with van der Waals surface area (Å²) < 4.78 is 55.3. The van der Waals surface area contributed by atoms with Crippen molar-refractivity contribution in [1.29, 1.82) is 0 Å². The molecule has 1 aliphatic heterocycles. The Hall–Kier alpha value is -3.05. The van der Waals surface area contributed by atoms with Gasteiger partial charge in [0.2, 0.25) is 26.0 Å². The van der Waals surface area contributed by atoms with Crippen LogP contribution in [0.3, 0.4) is 0 Å². The Morgan fingerprint density at radius 1 is 0.697 bits per heavy atom. The summed E-state index contributed by atoms with van der Waals surface area (Å²) in [5.41, 5.74) is 0.489. The third-order valence-corrected chi connectivity index (χ3v) is 9.17. The molecule has 8 nitrogen and oxygen atoms in total. The van der Waals surface area contributed by atoms with Crippen molar-refractivity contribution < 1.29 is 21.6 Å². The molecule has 4 rings (SSSR count). The zero-order chi connectivity index (χ0) is 23.5. The van der Waals surface area contributed by atoms with E-state index >= 15 is 0 Å². The minimum absolute atomic E-state index is 0.0434. The number of hydrogen-bond acceptors (Lipinski definition) is 5. The molecule has 0 aliphatic carbocycles. The fourth-order valence-electron chi connectivity index (χ4n) is 3.68. The smallest absolute Gasteiger partial charge is 0.244 e. The van der Waals surface area contributed by atoms with E-state index in [1.807, 2.05) is 0 Å².